The lowest BCUT2D eigenvalue weighted by Crippen LogP contribution is -2.50. The van der Waals surface area contributed by atoms with Crippen LogP contribution in [0.15, 0.2) is 64.0 Å². The van der Waals surface area contributed by atoms with Crippen molar-refractivity contribution in [1.29, 1.82) is 0 Å². The van der Waals surface area contributed by atoms with Crippen molar-refractivity contribution in [3.8, 4) is 5.69 Å². The Morgan fingerprint density at radius 3 is 2.34 bits per heavy atom. The van der Waals surface area contributed by atoms with Crippen LogP contribution >= 0.6 is 0 Å². The Balaban J connectivity index is 1.27. The lowest BCUT2D eigenvalue weighted by molar-refractivity contribution is -0.132. The second-order valence-electron chi connectivity index (χ2n) is 8.63. The molecule has 0 N–H and O–H groups in total. The van der Waals surface area contributed by atoms with E-state index >= 15 is 0 Å². The van der Waals surface area contributed by atoms with Crippen LogP contribution in [-0.2, 0) is 21.2 Å². The zero-order valence-electron chi connectivity index (χ0n) is 19.7. The number of benzene rings is 2. The van der Waals surface area contributed by atoms with Crippen LogP contribution in [0, 0.1) is 13.8 Å². The van der Waals surface area contributed by atoms with Crippen molar-refractivity contribution in [3.63, 3.8) is 0 Å². The third-order valence-corrected chi connectivity index (χ3v) is 8.51. The lowest BCUT2D eigenvalue weighted by atomic mass is 10.2. The number of rotatable bonds is 6. The summed E-state index contributed by atoms with van der Waals surface area (Å²) in [6.07, 6.45) is 0.784. The molecule has 0 bridgehead atoms. The number of hydrogen-bond donors (Lipinski definition) is 0. The third-order valence-electron chi connectivity index (χ3n) is 6.36. The van der Waals surface area contributed by atoms with Crippen molar-refractivity contribution >= 4 is 27.0 Å². The number of sulfonamides is 1. The maximum atomic E-state index is 13.0. The van der Waals surface area contributed by atoms with E-state index in [1.165, 1.54) is 4.31 Å². The van der Waals surface area contributed by atoms with Gasteiger partial charge in [-0.1, -0.05) is 35.5 Å². The molecule has 182 valence electrons. The zero-order valence-corrected chi connectivity index (χ0v) is 20.5. The highest BCUT2D eigenvalue weighted by Crippen LogP contribution is 2.25. The first-order valence-electron chi connectivity index (χ1n) is 11.6. The number of aromatic nitrogens is 3. The Morgan fingerprint density at radius 2 is 1.66 bits per heavy atom. The van der Waals surface area contributed by atoms with Gasteiger partial charge in [-0.25, -0.2) is 13.4 Å². The molecule has 0 radical (unpaired) electrons. The van der Waals surface area contributed by atoms with E-state index in [1.54, 1.807) is 18.7 Å². The minimum atomic E-state index is -3.71. The van der Waals surface area contributed by atoms with Gasteiger partial charge in [-0.2, -0.15) is 4.31 Å². The molecule has 1 amide bonds. The van der Waals surface area contributed by atoms with E-state index in [4.69, 9.17) is 9.51 Å². The maximum Gasteiger partial charge on any atom is 0.248 e. The van der Waals surface area contributed by atoms with Crippen LogP contribution in [0.5, 0.6) is 0 Å². The Morgan fingerprint density at radius 1 is 0.971 bits per heavy atom. The molecule has 0 spiro atoms. The summed E-state index contributed by atoms with van der Waals surface area (Å²) in [6, 6.07) is 17.9. The van der Waals surface area contributed by atoms with Gasteiger partial charge < -0.3 is 9.42 Å². The van der Waals surface area contributed by atoms with Crippen LogP contribution in [0.1, 0.15) is 23.7 Å². The number of aryl methyl sites for hydroxylation is 3. The number of carbonyl (C=O) groups is 1. The largest absolute Gasteiger partial charge is 0.360 e. The quantitative estimate of drug-likeness (QED) is 0.409. The molecule has 0 aliphatic carbocycles. The van der Waals surface area contributed by atoms with Gasteiger partial charge in [0, 0.05) is 44.7 Å². The Labute approximate surface area is 204 Å². The average molecular weight is 494 g/mol. The lowest BCUT2D eigenvalue weighted by Gasteiger charge is -2.34. The summed E-state index contributed by atoms with van der Waals surface area (Å²) in [5, 5.41) is 3.76. The molecule has 0 unspecified atom stereocenters. The molecule has 3 heterocycles. The second kappa shape index (κ2) is 9.27. The van der Waals surface area contributed by atoms with Crippen LogP contribution in [0.4, 0.5) is 0 Å². The maximum absolute atomic E-state index is 13.0. The molecule has 1 saturated heterocycles. The third kappa shape index (κ3) is 4.35. The van der Waals surface area contributed by atoms with Crippen LogP contribution in [0.2, 0.25) is 0 Å². The summed E-state index contributed by atoms with van der Waals surface area (Å²) in [5.74, 6) is 1.10. The van der Waals surface area contributed by atoms with Crippen molar-refractivity contribution in [3.05, 3.63) is 71.9 Å². The topological polar surface area (TPSA) is 102 Å². The molecule has 0 atom stereocenters. The van der Waals surface area contributed by atoms with Gasteiger partial charge in [0.05, 0.1) is 11.0 Å². The number of piperazine rings is 1. The molecule has 0 saturated carbocycles. The molecule has 2 aromatic carbocycles. The van der Waals surface area contributed by atoms with Gasteiger partial charge in [-0.05, 0) is 38.1 Å². The molecule has 1 fully saturated rings. The number of hydrogen-bond acceptors (Lipinski definition) is 6. The van der Waals surface area contributed by atoms with Crippen molar-refractivity contribution in [2.24, 2.45) is 0 Å². The van der Waals surface area contributed by atoms with Gasteiger partial charge in [0.15, 0.2) is 5.76 Å². The van der Waals surface area contributed by atoms with Crippen molar-refractivity contribution < 1.29 is 17.7 Å². The van der Waals surface area contributed by atoms with Crippen LogP contribution in [-0.4, -0.2) is 64.4 Å². The van der Waals surface area contributed by atoms with Crippen LogP contribution < -0.4 is 0 Å². The highest BCUT2D eigenvalue weighted by molar-refractivity contribution is 7.89. The summed E-state index contributed by atoms with van der Waals surface area (Å²) in [4.78, 5) is 19.7. The zero-order chi connectivity index (χ0) is 24.6. The Bertz CT molecular complexity index is 1450. The molecule has 1 aliphatic heterocycles. The molecule has 2 aromatic heterocycles. The predicted molar refractivity (Wildman–Crippen MR) is 131 cm³/mol. The van der Waals surface area contributed by atoms with Crippen molar-refractivity contribution in [1.82, 2.24) is 23.9 Å². The first-order chi connectivity index (χ1) is 16.9. The fraction of sp³-hybridized carbons (Fsp3) is 0.320. The fourth-order valence-electron chi connectivity index (χ4n) is 4.64. The van der Waals surface area contributed by atoms with E-state index in [2.05, 4.69) is 9.72 Å². The molecular formula is C25H27N5O4S. The normalized spacial score (nSPS) is 15.1. The molecular weight excluding hydrogens is 466 g/mol. The van der Waals surface area contributed by atoms with E-state index in [0.717, 1.165) is 22.5 Å². The average Bonchev–Trinajstić information content (AvgIpc) is 3.42. The molecule has 1 aliphatic rings. The number of nitrogens with zero attached hydrogens (tertiary/aromatic N) is 5. The molecule has 35 heavy (non-hydrogen) atoms. The summed E-state index contributed by atoms with van der Waals surface area (Å²) in [7, 11) is -3.71. The SMILES string of the molecule is Cc1noc(C)c1S(=O)(=O)N1CCN(C(=O)CCc2nc3ccccc3n2-c2ccccc2)CC1. The summed E-state index contributed by atoms with van der Waals surface area (Å²) < 4.78 is 34.6. The second-order valence-corrected chi connectivity index (χ2v) is 10.5. The van der Waals surface area contributed by atoms with E-state index in [1.807, 2.05) is 54.6 Å². The van der Waals surface area contributed by atoms with Crippen LogP contribution in [0.25, 0.3) is 16.7 Å². The monoisotopic (exact) mass is 493 g/mol. The van der Waals surface area contributed by atoms with Gasteiger partial charge >= 0.3 is 0 Å². The number of imidazole rings is 1. The Kier molecular flexibility index (Phi) is 6.16. The highest BCUT2D eigenvalue weighted by atomic mass is 32.2. The minimum absolute atomic E-state index is 0.00828. The molecule has 9 nitrogen and oxygen atoms in total. The van der Waals surface area contributed by atoms with Gasteiger partial charge in [0.2, 0.25) is 15.9 Å². The predicted octanol–water partition coefficient (Wildman–Crippen LogP) is 3.10. The highest BCUT2D eigenvalue weighted by Gasteiger charge is 2.34. The number of para-hydroxylation sites is 3. The van der Waals surface area contributed by atoms with E-state index in [0.29, 0.717) is 31.6 Å². The van der Waals surface area contributed by atoms with E-state index < -0.39 is 10.0 Å². The first kappa shape index (κ1) is 23.3. The summed E-state index contributed by atoms with van der Waals surface area (Å²) >= 11 is 0. The molecule has 4 aromatic rings. The summed E-state index contributed by atoms with van der Waals surface area (Å²) in [5.41, 5.74) is 3.24. The number of fused-ring (bicyclic) bond motifs is 1. The number of amides is 1. The van der Waals surface area contributed by atoms with Gasteiger partial charge in [-0.3, -0.25) is 9.36 Å². The molecule has 10 heteroatoms. The van der Waals surface area contributed by atoms with Crippen molar-refractivity contribution in [2.45, 2.75) is 31.6 Å². The van der Waals surface area contributed by atoms with E-state index in [9.17, 15) is 13.2 Å². The summed E-state index contributed by atoms with van der Waals surface area (Å²) in [6.45, 7) is 4.37. The standard InChI is InChI=1S/C25H27N5O4S/c1-18-25(19(2)34-27-18)35(32,33)29-16-14-28(15-17-29)24(31)13-12-23-26-21-10-6-7-11-22(21)30(23)20-8-4-3-5-9-20/h3-11H,12-17H2,1-2H3. The first-order valence-corrected chi connectivity index (χ1v) is 13.0. The van der Waals surface area contributed by atoms with Gasteiger partial charge in [-0.15, -0.1) is 0 Å². The fourth-order valence-corrected chi connectivity index (χ4v) is 6.35. The minimum Gasteiger partial charge on any atom is -0.360 e. The smallest absolute Gasteiger partial charge is 0.248 e. The Hall–Kier alpha value is -3.50. The molecule has 5 rings (SSSR count). The van der Waals surface area contributed by atoms with Gasteiger partial charge in [0.1, 0.15) is 16.4 Å². The van der Waals surface area contributed by atoms with Crippen LogP contribution in [0.3, 0.4) is 0 Å². The van der Waals surface area contributed by atoms with Gasteiger partial charge in [0.25, 0.3) is 0 Å². The number of carbonyl (C=O) groups excluding carboxylic acids is 1. The van der Waals surface area contributed by atoms with E-state index in [-0.39, 0.29) is 29.7 Å². The van der Waals surface area contributed by atoms with Crippen molar-refractivity contribution in [2.75, 3.05) is 26.2 Å².